The number of methoxy groups -OCH3 is 1. The molecular formula is C21H25N5O4. The van der Waals surface area contributed by atoms with Gasteiger partial charge in [0.1, 0.15) is 22.9 Å². The van der Waals surface area contributed by atoms with E-state index in [9.17, 15) is 4.79 Å². The Hall–Kier alpha value is -3.36. The molecule has 0 bridgehead atoms. The van der Waals surface area contributed by atoms with Crippen LogP contribution in [-0.2, 0) is 17.6 Å². The van der Waals surface area contributed by atoms with Crippen LogP contribution in [0.5, 0.6) is 11.5 Å². The van der Waals surface area contributed by atoms with Gasteiger partial charge in [0, 0.05) is 37.2 Å². The first-order chi connectivity index (χ1) is 14.6. The first-order valence-electron chi connectivity index (χ1n) is 9.99. The van der Waals surface area contributed by atoms with Crippen LogP contribution in [-0.4, -0.2) is 58.1 Å². The molecule has 4 rings (SSSR count). The number of H-pyrrole nitrogens is 1. The lowest BCUT2D eigenvalue weighted by molar-refractivity contribution is -0.129. The van der Waals surface area contributed by atoms with Crippen molar-refractivity contribution in [2.24, 2.45) is 0 Å². The lowest BCUT2D eigenvalue weighted by Crippen LogP contribution is -2.30. The number of carbonyl (C=O) groups is 1. The highest BCUT2D eigenvalue weighted by molar-refractivity contribution is 5.78. The molecule has 1 aliphatic rings. The number of ether oxygens (including phenoxy) is 2. The third kappa shape index (κ3) is 4.61. The van der Waals surface area contributed by atoms with Crippen LogP contribution in [0.3, 0.4) is 0 Å². The second kappa shape index (κ2) is 8.98. The second-order valence-electron chi connectivity index (χ2n) is 7.39. The molecular weight excluding hydrogens is 386 g/mol. The smallest absolute Gasteiger partial charge is 0.228 e. The maximum absolute atomic E-state index is 12.5. The van der Waals surface area contributed by atoms with Crippen molar-refractivity contribution >= 4 is 5.91 Å². The molecule has 1 aliphatic heterocycles. The van der Waals surface area contributed by atoms with Gasteiger partial charge in [-0.15, -0.1) is 0 Å². The first kappa shape index (κ1) is 19.9. The van der Waals surface area contributed by atoms with Crippen LogP contribution < -0.4 is 9.47 Å². The van der Waals surface area contributed by atoms with Crippen LogP contribution >= 0.6 is 0 Å². The average molecular weight is 411 g/mol. The van der Waals surface area contributed by atoms with Crippen molar-refractivity contribution in [2.75, 3.05) is 26.8 Å². The van der Waals surface area contributed by atoms with Crippen molar-refractivity contribution in [1.29, 1.82) is 0 Å². The van der Waals surface area contributed by atoms with E-state index in [1.165, 1.54) is 0 Å². The van der Waals surface area contributed by atoms with Gasteiger partial charge in [-0.1, -0.05) is 16.4 Å². The standard InChI is InChI=1S/C21H25N5O4/c1-14-19(25-30-24-14)12-21(27)26-8-6-15(13-26)20-10-16(22-23-20)7-9-29-18-5-3-4-17(11-18)28-2/h3-5,10-11,15H,6-9,12-13H2,1-2H3,(H,22,23)/t15-/m1/s1. The molecule has 3 aromatic rings. The van der Waals surface area contributed by atoms with Gasteiger partial charge in [-0.3, -0.25) is 9.89 Å². The fraction of sp³-hybridized carbons (Fsp3) is 0.429. The van der Waals surface area contributed by atoms with Gasteiger partial charge in [0.15, 0.2) is 0 Å². The van der Waals surface area contributed by atoms with Gasteiger partial charge in [0.2, 0.25) is 5.91 Å². The minimum atomic E-state index is 0.0405. The van der Waals surface area contributed by atoms with Crippen LogP contribution in [0.4, 0.5) is 0 Å². The molecule has 2 aromatic heterocycles. The monoisotopic (exact) mass is 411 g/mol. The summed E-state index contributed by atoms with van der Waals surface area (Å²) >= 11 is 0. The molecule has 9 nitrogen and oxygen atoms in total. The Kier molecular flexibility index (Phi) is 5.97. The summed E-state index contributed by atoms with van der Waals surface area (Å²) in [5.41, 5.74) is 3.26. The molecule has 1 fully saturated rings. The Balaban J connectivity index is 1.26. The quantitative estimate of drug-likeness (QED) is 0.606. The molecule has 1 aromatic carbocycles. The van der Waals surface area contributed by atoms with E-state index in [0.29, 0.717) is 24.5 Å². The molecule has 0 spiro atoms. The number of carbonyl (C=O) groups excluding carboxylic acids is 1. The number of nitrogens with one attached hydrogen (secondary N) is 1. The molecule has 158 valence electrons. The molecule has 1 atom stereocenters. The molecule has 0 aliphatic carbocycles. The van der Waals surface area contributed by atoms with Crippen LogP contribution in [0.25, 0.3) is 0 Å². The molecule has 1 amide bonds. The minimum Gasteiger partial charge on any atom is -0.497 e. The molecule has 1 saturated heterocycles. The van der Waals surface area contributed by atoms with E-state index in [2.05, 4.69) is 31.2 Å². The zero-order chi connectivity index (χ0) is 20.9. The summed E-state index contributed by atoms with van der Waals surface area (Å²) in [6.45, 7) is 3.70. The SMILES string of the molecule is COc1cccc(OCCc2cc([C@@H]3CCN(C(=O)Cc4nonc4C)C3)n[nH]2)c1. The van der Waals surface area contributed by atoms with Crippen molar-refractivity contribution in [3.63, 3.8) is 0 Å². The van der Waals surface area contributed by atoms with Crippen molar-refractivity contribution in [3.8, 4) is 11.5 Å². The third-order valence-corrected chi connectivity index (χ3v) is 5.36. The predicted molar refractivity (Wildman–Crippen MR) is 107 cm³/mol. The normalized spacial score (nSPS) is 16.1. The lowest BCUT2D eigenvalue weighted by Gasteiger charge is -2.15. The van der Waals surface area contributed by atoms with Gasteiger partial charge in [0.25, 0.3) is 0 Å². The molecule has 0 unspecified atom stereocenters. The fourth-order valence-corrected chi connectivity index (χ4v) is 3.58. The third-order valence-electron chi connectivity index (χ3n) is 5.36. The number of hydrogen-bond donors (Lipinski definition) is 1. The number of benzene rings is 1. The number of amides is 1. The Morgan fingerprint density at radius 2 is 2.17 bits per heavy atom. The zero-order valence-corrected chi connectivity index (χ0v) is 17.1. The fourth-order valence-electron chi connectivity index (χ4n) is 3.58. The molecule has 3 heterocycles. The van der Waals surface area contributed by atoms with Gasteiger partial charge >= 0.3 is 0 Å². The van der Waals surface area contributed by atoms with Crippen LogP contribution in [0.15, 0.2) is 35.0 Å². The summed E-state index contributed by atoms with van der Waals surface area (Å²) in [7, 11) is 1.63. The van der Waals surface area contributed by atoms with E-state index in [0.717, 1.165) is 42.3 Å². The highest BCUT2D eigenvalue weighted by atomic mass is 16.6. The maximum atomic E-state index is 12.5. The Morgan fingerprint density at radius 1 is 1.30 bits per heavy atom. The summed E-state index contributed by atoms with van der Waals surface area (Å²) in [6.07, 6.45) is 1.83. The largest absolute Gasteiger partial charge is 0.497 e. The number of hydrogen-bond acceptors (Lipinski definition) is 7. The Labute approximate surface area is 174 Å². The lowest BCUT2D eigenvalue weighted by atomic mass is 10.0. The van der Waals surface area contributed by atoms with Crippen LogP contribution in [0.2, 0.25) is 0 Å². The number of rotatable bonds is 8. The summed E-state index contributed by atoms with van der Waals surface area (Å²) in [4.78, 5) is 14.4. The van der Waals surface area contributed by atoms with E-state index in [1.807, 2.05) is 29.2 Å². The van der Waals surface area contributed by atoms with Gasteiger partial charge in [-0.05, 0) is 31.5 Å². The number of aryl methyl sites for hydroxylation is 1. The summed E-state index contributed by atoms with van der Waals surface area (Å²) < 4.78 is 15.7. The summed E-state index contributed by atoms with van der Waals surface area (Å²) in [5.74, 6) is 1.82. The Bertz CT molecular complexity index is 999. The minimum absolute atomic E-state index is 0.0405. The van der Waals surface area contributed by atoms with Gasteiger partial charge in [-0.25, -0.2) is 4.63 Å². The van der Waals surface area contributed by atoms with Crippen LogP contribution in [0, 0.1) is 6.92 Å². The summed E-state index contributed by atoms with van der Waals surface area (Å²) in [5, 5.41) is 15.1. The average Bonchev–Trinajstić information content (AvgIpc) is 3.50. The number of aromatic amines is 1. The van der Waals surface area contributed by atoms with E-state index in [-0.39, 0.29) is 18.2 Å². The van der Waals surface area contributed by atoms with Gasteiger partial charge < -0.3 is 14.4 Å². The zero-order valence-electron chi connectivity index (χ0n) is 17.1. The van der Waals surface area contributed by atoms with Crippen molar-refractivity contribution in [3.05, 3.63) is 53.1 Å². The molecule has 30 heavy (non-hydrogen) atoms. The molecule has 0 saturated carbocycles. The summed E-state index contributed by atoms with van der Waals surface area (Å²) in [6, 6.07) is 9.61. The van der Waals surface area contributed by atoms with Crippen LogP contribution in [0.1, 0.15) is 35.1 Å². The van der Waals surface area contributed by atoms with E-state index >= 15 is 0 Å². The topological polar surface area (TPSA) is 106 Å². The van der Waals surface area contributed by atoms with Crippen molar-refractivity contribution in [2.45, 2.75) is 32.1 Å². The first-order valence-corrected chi connectivity index (χ1v) is 9.99. The predicted octanol–water partition coefficient (Wildman–Crippen LogP) is 2.29. The number of nitrogens with zero attached hydrogens (tertiary/aromatic N) is 4. The highest BCUT2D eigenvalue weighted by Gasteiger charge is 2.29. The Morgan fingerprint density at radius 3 is 2.97 bits per heavy atom. The van der Waals surface area contributed by atoms with E-state index < -0.39 is 0 Å². The molecule has 0 radical (unpaired) electrons. The highest BCUT2D eigenvalue weighted by Crippen LogP contribution is 2.27. The number of likely N-dealkylation sites (tertiary alicyclic amines) is 1. The van der Waals surface area contributed by atoms with E-state index in [1.54, 1.807) is 14.0 Å². The van der Waals surface area contributed by atoms with Crippen molar-refractivity contribution < 1.29 is 18.9 Å². The van der Waals surface area contributed by atoms with Gasteiger partial charge in [-0.2, -0.15) is 5.10 Å². The van der Waals surface area contributed by atoms with Gasteiger partial charge in [0.05, 0.1) is 25.8 Å². The second-order valence-corrected chi connectivity index (χ2v) is 7.39. The molecule has 1 N–H and O–H groups in total. The van der Waals surface area contributed by atoms with E-state index in [4.69, 9.17) is 9.47 Å². The number of aromatic nitrogens is 4. The van der Waals surface area contributed by atoms with Crippen molar-refractivity contribution in [1.82, 2.24) is 25.4 Å². The molecule has 9 heteroatoms. The maximum Gasteiger partial charge on any atom is 0.228 e.